The van der Waals surface area contributed by atoms with Gasteiger partial charge in [0, 0.05) is 24.9 Å². The van der Waals surface area contributed by atoms with E-state index in [1.54, 1.807) is 0 Å². The lowest BCUT2D eigenvalue weighted by Crippen LogP contribution is -2.41. The summed E-state index contributed by atoms with van der Waals surface area (Å²) >= 11 is 0. The molecule has 0 bridgehead atoms. The number of likely N-dealkylation sites (N-methyl/N-ethyl adjacent to an activating group) is 1. The van der Waals surface area contributed by atoms with Crippen molar-refractivity contribution in [3.05, 3.63) is 35.4 Å². The fraction of sp³-hybridized carbons (Fsp3) is 0.667. The molecule has 1 amide bonds. The van der Waals surface area contributed by atoms with E-state index >= 15 is 0 Å². The van der Waals surface area contributed by atoms with Gasteiger partial charge in [-0.3, -0.25) is 4.79 Å². The van der Waals surface area contributed by atoms with Gasteiger partial charge >= 0.3 is 0 Å². The smallest absolute Gasteiger partial charge is 0.226 e. The first kappa shape index (κ1) is 18.7. The van der Waals surface area contributed by atoms with Crippen LogP contribution in [0.4, 0.5) is 0 Å². The minimum Gasteiger partial charge on any atom is -0.342 e. The largest absolute Gasteiger partial charge is 0.342 e. The number of nitrogens with one attached hydrogen (secondary N) is 1. The van der Waals surface area contributed by atoms with E-state index in [0.717, 1.165) is 25.9 Å². The van der Waals surface area contributed by atoms with Gasteiger partial charge < -0.3 is 10.2 Å². The van der Waals surface area contributed by atoms with E-state index < -0.39 is 0 Å². The molecule has 0 radical (unpaired) electrons. The molecular formula is C21H31ClN2O. The molecule has 4 heteroatoms. The van der Waals surface area contributed by atoms with Crippen molar-refractivity contribution in [3.63, 3.8) is 0 Å². The second-order valence-corrected chi connectivity index (χ2v) is 8.33. The van der Waals surface area contributed by atoms with Gasteiger partial charge in [-0.25, -0.2) is 0 Å². The standard InChI is InChI=1S/C21H30N2O.ClH/c1-15-6-8-16(9-7-15)17-4-3-5-19(17)23(2)20(24)18-14-21(18)10-12-22-13-11-21;/h6-9,17-19,22H,3-5,10-14H2,1-2H3;1H. The van der Waals surface area contributed by atoms with E-state index in [0.29, 0.717) is 29.2 Å². The molecular weight excluding hydrogens is 332 g/mol. The zero-order chi connectivity index (χ0) is 16.7. The number of aryl methyl sites for hydroxylation is 1. The number of carbonyl (C=O) groups is 1. The Morgan fingerprint density at radius 2 is 1.84 bits per heavy atom. The molecule has 1 saturated heterocycles. The maximum Gasteiger partial charge on any atom is 0.226 e. The molecule has 2 saturated carbocycles. The van der Waals surface area contributed by atoms with Crippen LogP contribution in [0.2, 0.25) is 0 Å². The van der Waals surface area contributed by atoms with Crippen LogP contribution >= 0.6 is 12.4 Å². The quantitative estimate of drug-likeness (QED) is 0.884. The second kappa shape index (κ2) is 7.28. The highest BCUT2D eigenvalue weighted by Crippen LogP contribution is 2.59. The van der Waals surface area contributed by atoms with Crippen LogP contribution < -0.4 is 5.32 Å². The van der Waals surface area contributed by atoms with Crippen LogP contribution in [0.1, 0.15) is 55.6 Å². The summed E-state index contributed by atoms with van der Waals surface area (Å²) in [6, 6.07) is 9.33. The predicted molar refractivity (Wildman–Crippen MR) is 104 cm³/mol. The van der Waals surface area contributed by atoms with Crippen molar-refractivity contribution in [3.8, 4) is 0 Å². The van der Waals surface area contributed by atoms with E-state index in [-0.39, 0.29) is 12.4 Å². The maximum atomic E-state index is 13.1. The molecule has 2 aliphatic carbocycles. The SMILES string of the molecule is Cc1ccc(C2CCCC2N(C)C(=O)C2CC23CCNCC3)cc1.Cl. The summed E-state index contributed by atoms with van der Waals surface area (Å²) in [7, 11) is 2.06. The van der Waals surface area contributed by atoms with Gasteiger partial charge in [-0.15, -0.1) is 12.4 Å². The summed E-state index contributed by atoms with van der Waals surface area (Å²) in [6.07, 6.45) is 7.10. The third-order valence-electron chi connectivity index (χ3n) is 6.92. The topological polar surface area (TPSA) is 32.3 Å². The van der Waals surface area contributed by atoms with Crippen molar-refractivity contribution < 1.29 is 4.79 Å². The molecule has 3 aliphatic rings. The minimum absolute atomic E-state index is 0. The van der Waals surface area contributed by atoms with E-state index in [9.17, 15) is 4.79 Å². The average molecular weight is 363 g/mol. The van der Waals surface area contributed by atoms with Gasteiger partial charge in [0.2, 0.25) is 5.91 Å². The third-order valence-corrected chi connectivity index (χ3v) is 6.92. The highest BCUT2D eigenvalue weighted by atomic mass is 35.5. The lowest BCUT2D eigenvalue weighted by Gasteiger charge is -2.32. The molecule has 1 spiro atoms. The molecule has 1 aliphatic heterocycles. The number of hydrogen-bond acceptors (Lipinski definition) is 2. The van der Waals surface area contributed by atoms with Crippen LogP contribution in [-0.4, -0.2) is 37.0 Å². The summed E-state index contributed by atoms with van der Waals surface area (Å²) in [4.78, 5) is 15.2. The Labute approximate surface area is 158 Å². The highest BCUT2D eigenvalue weighted by molar-refractivity contribution is 5.85. The summed E-state index contributed by atoms with van der Waals surface area (Å²) in [5.41, 5.74) is 3.06. The van der Waals surface area contributed by atoms with Gasteiger partial charge in [-0.05, 0) is 63.1 Å². The Bertz CT molecular complexity index is 609. The lowest BCUT2D eigenvalue weighted by atomic mass is 9.90. The summed E-state index contributed by atoms with van der Waals surface area (Å²) in [5, 5.41) is 3.43. The fourth-order valence-corrected chi connectivity index (χ4v) is 5.19. The van der Waals surface area contributed by atoms with E-state index in [1.807, 2.05) is 0 Å². The van der Waals surface area contributed by atoms with Crippen LogP contribution in [0.25, 0.3) is 0 Å². The number of nitrogens with zero attached hydrogens (tertiary/aromatic N) is 1. The first-order chi connectivity index (χ1) is 11.6. The number of benzene rings is 1. The van der Waals surface area contributed by atoms with E-state index in [1.165, 1.54) is 36.8 Å². The lowest BCUT2D eigenvalue weighted by molar-refractivity contribution is -0.134. The minimum atomic E-state index is 0. The molecule has 0 aromatic heterocycles. The number of rotatable bonds is 3. The Balaban J connectivity index is 0.00000182. The fourth-order valence-electron chi connectivity index (χ4n) is 5.19. The molecule has 1 heterocycles. The van der Waals surface area contributed by atoms with Crippen molar-refractivity contribution in [2.24, 2.45) is 11.3 Å². The predicted octanol–water partition coefficient (Wildman–Crippen LogP) is 3.90. The molecule has 138 valence electrons. The van der Waals surface area contributed by atoms with Crippen LogP contribution in [0.5, 0.6) is 0 Å². The van der Waals surface area contributed by atoms with Crippen molar-refractivity contribution in [1.82, 2.24) is 10.2 Å². The van der Waals surface area contributed by atoms with Crippen LogP contribution in [0.15, 0.2) is 24.3 Å². The van der Waals surface area contributed by atoms with E-state index in [2.05, 4.69) is 48.5 Å². The zero-order valence-electron chi connectivity index (χ0n) is 15.5. The monoisotopic (exact) mass is 362 g/mol. The maximum absolute atomic E-state index is 13.1. The van der Waals surface area contributed by atoms with Gasteiger partial charge in [0.25, 0.3) is 0 Å². The summed E-state index contributed by atoms with van der Waals surface area (Å²) in [6.45, 7) is 4.31. The second-order valence-electron chi connectivity index (χ2n) is 8.33. The highest BCUT2D eigenvalue weighted by Gasteiger charge is 2.58. The zero-order valence-corrected chi connectivity index (χ0v) is 16.3. The number of halogens is 1. The summed E-state index contributed by atoms with van der Waals surface area (Å²) < 4.78 is 0. The molecule has 4 rings (SSSR count). The molecule has 3 unspecified atom stereocenters. The van der Waals surface area contributed by atoms with Crippen molar-refractivity contribution in [2.45, 2.75) is 57.4 Å². The Morgan fingerprint density at radius 3 is 2.52 bits per heavy atom. The van der Waals surface area contributed by atoms with Gasteiger partial charge in [0.1, 0.15) is 0 Å². The number of carbonyl (C=O) groups excluding carboxylic acids is 1. The van der Waals surface area contributed by atoms with Crippen LogP contribution in [0, 0.1) is 18.3 Å². The molecule has 1 aromatic rings. The molecule has 1 N–H and O–H groups in total. The molecule has 3 atom stereocenters. The number of piperidine rings is 1. The van der Waals surface area contributed by atoms with E-state index in [4.69, 9.17) is 0 Å². The Morgan fingerprint density at radius 1 is 1.16 bits per heavy atom. The van der Waals surface area contributed by atoms with Crippen molar-refractivity contribution in [1.29, 1.82) is 0 Å². The van der Waals surface area contributed by atoms with Crippen molar-refractivity contribution in [2.75, 3.05) is 20.1 Å². The van der Waals surface area contributed by atoms with Gasteiger partial charge in [-0.1, -0.05) is 36.2 Å². The van der Waals surface area contributed by atoms with Gasteiger partial charge in [-0.2, -0.15) is 0 Å². The Hall–Kier alpha value is -1.06. The first-order valence-electron chi connectivity index (χ1n) is 9.65. The van der Waals surface area contributed by atoms with Crippen LogP contribution in [0.3, 0.4) is 0 Å². The third kappa shape index (κ3) is 3.46. The average Bonchev–Trinajstić information content (AvgIpc) is 3.07. The molecule has 25 heavy (non-hydrogen) atoms. The van der Waals surface area contributed by atoms with Crippen LogP contribution in [-0.2, 0) is 4.79 Å². The van der Waals surface area contributed by atoms with Gasteiger partial charge in [0.05, 0.1) is 0 Å². The molecule has 3 nitrogen and oxygen atoms in total. The molecule has 3 fully saturated rings. The first-order valence-corrected chi connectivity index (χ1v) is 9.65. The number of amides is 1. The summed E-state index contributed by atoms with van der Waals surface area (Å²) in [5.74, 6) is 1.23. The van der Waals surface area contributed by atoms with Crippen molar-refractivity contribution >= 4 is 18.3 Å². The Kier molecular flexibility index (Phi) is 5.45. The normalized spacial score (nSPS) is 29.9. The number of hydrogen-bond donors (Lipinski definition) is 1. The molecule has 1 aromatic carbocycles. The van der Waals surface area contributed by atoms with Gasteiger partial charge in [0.15, 0.2) is 0 Å².